The van der Waals surface area contributed by atoms with Crippen LogP contribution in [0.25, 0.3) is 0 Å². The van der Waals surface area contributed by atoms with E-state index in [0.717, 1.165) is 25.3 Å². The van der Waals surface area contributed by atoms with Crippen molar-refractivity contribution in [3.8, 4) is 11.8 Å². The van der Waals surface area contributed by atoms with Crippen LogP contribution in [0.2, 0.25) is 0 Å². The Bertz CT molecular complexity index is 903. The zero-order chi connectivity index (χ0) is 22.3. The summed E-state index contributed by atoms with van der Waals surface area (Å²) in [7, 11) is 0. The van der Waals surface area contributed by atoms with Gasteiger partial charge in [0.15, 0.2) is 11.6 Å². The monoisotopic (exact) mass is 420 g/mol. The first kappa shape index (κ1) is 23.2. The van der Waals surface area contributed by atoms with Crippen molar-refractivity contribution in [3.05, 3.63) is 52.1 Å². The van der Waals surface area contributed by atoms with Gasteiger partial charge in [-0.05, 0) is 26.3 Å². The quantitative estimate of drug-likeness (QED) is 0.465. The third-order valence-corrected chi connectivity index (χ3v) is 4.69. The lowest BCUT2D eigenvalue weighted by Gasteiger charge is -2.28. The van der Waals surface area contributed by atoms with E-state index in [0.29, 0.717) is 12.5 Å². The molecule has 2 N–H and O–H groups in total. The number of esters is 1. The molecule has 6 nitrogen and oxygen atoms in total. The third kappa shape index (κ3) is 5.09. The minimum absolute atomic E-state index is 0.0202. The zero-order valence-corrected chi connectivity index (χ0v) is 17.4. The van der Waals surface area contributed by atoms with Gasteiger partial charge in [-0.15, -0.1) is 0 Å². The molecule has 30 heavy (non-hydrogen) atoms. The van der Waals surface area contributed by atoms with Crippen LogP contribution < -0.4 is 10.5 Å². The van der Waals surface area contributed by atoms with Crippen LogP contribution in [0.5, 0.6) is 5.75 Å². The predicted molar refractivity (Wildman–Crippen MR) is 106 cm³/mol. The fourth-order valence-electron chi connectivity index (χ4n) is 3.32. The number of nitrogens with two attached hydrogens (primary N) is 1. The number of benzene rings is 1. The van der Waals surface area contributed by atoms with Crippen LogP contribution in [0.1, 0.15) is 57.9 Å². The number of allylic oxidation sites excluding steroid dienone is 2. The lowest BCUT2D eigenvalue weighted by Crippen LogP contribution is -2.26. The second kappa shape index (κ2) is 10.6. The fourth-order valence-corrected chi connectivity index (χ4v) is 3.32. The van der Waals surface area contributed by atoms with E-state index >= 15 is 0 Å². The molecule has 0 spiro atoms. The van der Waals surface area contributed by atoms with Crippen LogP contribution in [-0.2, 0) is 14.3 Å². The molecule has 1 atom stereocenters. The average Bonchev–Trinajstić information content (AvgIpc) is 2.68. The first-order valence-electron chi connectivity index (χ1n) is 9.92. The summed E-state index contributed by atoms with van der Waals surface area (Å²) in [5, 5.41) is 9.64. The maximum atomic E-state index is 14.7. The van der Waals surface area contributed by atoms with E-state index in [4.69, 9.17) is 19.9 Å². The molecule has 0 aromatic heterocycles. The Hall–Kier alpha value is -3.08. The standard InChI is InChI=1S/C22H26F2N2O4/c1-4-6-7-8-9-29-20-15(10-14(23)11-17(20)24)19-16(12-25)21(26)30-13(3)18(19)22(27)28-5-2/h10-11,19H,4-9,26H2,1-3H3. The number of nitrogens with zero attached hydrogens (tertiary/aromatic N) is 1. The van der Waals surface area contributed by atoms with Crippen molar-refractivity contribution in [2.45, 2.75) is 52.4 Å². The zero-order valence-electron chi connectivity index (χ0n) is 17.4. The van der Waals surface area contributed by atoms with Crippen LogP contribution in [0, 0.1) is 23.0 Å². The van der Waals surface area contributed by atoms with Gasteiger partial charge in [0, 0.05) is 11.6 Å². The minimum Gasteiger partial charge on any atom is -0.490 e. The van der Waals surface area contributed by atoms with E-state index in [-0.39, 0.29) is 47.3 Å². The van der Waals surface area contributed by atoms with E-state index in [1.165, 1.54) is 6.92 Å². The molecule has 1 aliphatic rings. The van der Waals surface area contributed by atoms with Crippen LogP contribution in [0.3, 0.4) is 0 Å². The number of carbonyl (C=O) groups is 1. The van der Waals surface area contributed by atoms with Gasteiger partial charge in [0.05, 0.1) is 24.7 Å². The molecule has 1 aliphatic heterocycles. The molecular weight excluding hydrogens is 394 g/mol. The molecule has 162 valence electrons. The highest BCUT2D eigenvalue weighted by atomic mass is 19.1. The number of carbonyl (C=O) groups excluding carboxylic acids is 1. The van der Waals surface area contributed by atoms with Gasteiger partial charge < -0.3 is 19.9 Å². The van der Waals surface area contributed by atoms with Crippen LogP contribution in [0.15, 0.2) is 34.9 Å². The van der Waals surface area contributed by atoms with Gasteiger partial charge in [-0.3, -0.25) is 0 Å². The summed E-state index contributed by atoms with van der Waals surface area (Å²) < 4.78 is 44.9. The fraction of sp³-hybridized carbons (Fsp3) is 0.455. The Kier molecular flexibility index (Phi) is 8.22. The molecule has 0 amide bonds. The Morgan fingerprint density at radius 1 is 1.27 bits per heavy atom. The van der Waals surface area contributed by atoms with Crippen molar-refractivity contribution < 1.29 is 27.8 Å². The molecule has 1 aromatic rings. The highest BCUT2D eigenvalue weighted by Crippen LogP contribution is 2.44. The highest BCUT2D eigenvalue weighted by Gasteiger charge is 2.39. The summed E-state index contributed by atoms with van der Waals surface area (Å²) >= 11 is 0. The van der Waals surface area contributed by atoms with Gasteiger partial charge in [0.1, 0.15) is 23.2 Å². The second-order valence-corrected chi connectivity index (χ2v) is 6.83. The number of hydrogen-bond donors (Lipinski definition) is 1. The largest absolute Gasteiger partial charge is 0.490 e. The SMILES string of the molecule is CCCCCCOc1c(F)cc(F)cc1C1C(C#N)=C(N)OC(C)=C1C(=O)OCC. The number of nitriles is 1. The highest BCUT2D eigenvalue weighted by molar-refractivity contribution is 5.92. The molecule has 8 heteroatoms. The molecule has 0 fully saturated rings. The Morgan fingerprint density at radius 3 is 2.63 bits per heavy atom. The van der Waals surface area contributed by atoms with E-state index in [1.54, 1.807) is 6.92 Å². The minimum atomic E-state index is -1.18. The topological polar surface area (TPSA) is 94.6 Å². The smallest absolute Gasteiger partial charge is 0.338 e. The number of halogens is 2. The van der Waals surface area contributed by atoms with E-state index in [2.05, 4.69) is 6.92 Å². The number of ether oxygens (including phenoxy) is 3. The molecule has 0 aliphatic carbocycles. The van der Waals surface area contributed by atoms with Gasteiger partial charge in [-0.2, -0.15) is 5.26 Å². The normalized spacial score (nSPS) is 16.2. The predicted octanol–water partition coefficient (Wildman–Crippen LogP) is 4.57. The van der Waals surface area contributed by atoms with Crippen LogP contribution in [-0.4, -0.2) is 19.2 Å². The Labute approximate surface area is 174 Å². The van der Waals surface area contributed by atoms with Gasteiger partial charge >= 0.3 is 5.97 Å². The molecule has 2 rings (SSSR count). The van der Waals surface area contributed by atoms with Gasteiger partial charge in [0.25, 0.3) is 0 Å². The Balaban J connectivity index is 2.57. The summed E-state index contributed by atoms with van der Waals surface area (Å²) in [5.41, 5.74) is 5.62. The van der Waals surface area contributed by atoms with Crippen molar-refractivity contribution in [2.75, 3.05) is 13.2 Å². The third-order valence-electron chi connectivity index (χ3n) is 4.69. The summed E-state index contributed by atoms with van der Waals surface area (Å²) in [4.78, 5) is 12.6. The molecule has 0 saturated heterocycles. The maximum absolute atomic E-state index is 14.7. The van der Waals surface area contributed by atoms with E-state index < -0.39 is 23.5 Å². The molecule has 0 saturated carbocycles. The molecule has 1 unspecified atom stereocenters. The molecule has 1 heterocycles. The van der Waals surface area contributed by atoms with Crippen molar-refractivity contribution in [2.24, 2.45) is 5.73 Å². The van der Waals surface area contributed by atoms with Gasteiger partial charge in [-0.25, -0.2) is 13.6 Å². The lowest BCUT2D eigenvalue weighted by molar-refractivity contribution is -0.139. The number of unbranched alkanes of at least 4 members (excludes halogenated alkanes) is 3. The van der Waals surface area contributed by atoms with Crippen LogP contribution >= 0.6 is 0 Å². The van der Waals surface area contributed by atoms with Gasteiger partial charge in [-0.1, -0.05) is 26.2 Å². The van der Waals surface area contributed by atoms with E-state index in [9.17, 15) is 18.8 Å². The first-order valence-corrected chi connectivity index (χ1v) is 9.92. The summed E-state index contributed by atoms with van der Waals surface area (Å²) in [6.07, 6.45) is 3.62. The second-order valence-electron chi connectivity index (χ2n) is 6.83. The Morgan fingerprint density at radius 2 is 2.00 bits per heavy atom. The van der Waals surface area contributed by atoms with Crippen LogP contribution in [0.4, 0.5) is 8.78 Å². The maximum Gasteiger partial charge on any atom is 0.338 e. The molecule has 0 radical (unpaired) electrons. The number of hydrogen-bond acceptors (Lipinski definition) is 6. The average molecular weight is 420 g/mol. The first-order chi connectivity index (χ1) is 14.3. The van der Waals surface area contributed by atoms with Crippen molar-refractivity contribution >= 4 is 5.97 Å². The van der Waals surface area contributed by atoms with Crippen molar-refractivity contribution in [1.29, 1.82) is 5.26 Å². The number of rotatable bonds is 9. The van der Waals surface area contributed by atoms with Crippen molar-refractivity contribution in [1.82, 2.24) is 0 Å². The molecular formula is C22H26F2N2O4. The molecule has 1 aromatic carbocycles. The summed E-state index contributed by atoms with van der Waals surface area (Å²) in [5.74, 6) is -4.12. The van der Waals surface area contributed by atoms with Gasteiger partial charge in [0.2, 0.25) is 5.88 Å². The summed E-state index contributed by atoms with van der Waals surface area (Å²) in [6.45, 7) is 5.43. The van der Waals surface area contributed by atoms with Crippen molar-refractivity contribution in [3.63, 3.8) is 0 Å². The molecule has 0 bridgehead atoms. The van der Waals surface area contributed by atoms with E-state index in [1.807, 2.05) is 6.07 Å². The lowest BCUT2D eigenvalue weighted by atomic mass is 9.82. The summed E-state index contributed by atoms with van der Waals surface area (Å²) in [6, 6.07) is 3.62.